The van der Waals surface area contributed by atoms with E-state index in [0.717, 1.165) is 0 Å². The van der Waals surface area contributed by atoms with Gasteiger partial charge in [0.05, 0.1) is 35.4 Å². The second-order valence-corrected chi connectivity index (χ2v) is 6.77. The summed E-state index contributed by atoms with van der Waals surface area (Å²) in [5, 5.41) is 0.0509. The average molecular weight is 371 g/mol. The summed E-state index contributed by atoms with van der Waals surface area (Å²) in [6, 6.07) is 8.24. The Morgan fingerprint density at radius 1 is 1.08 bits per heavy atom. The molecule has 128 valence electrons. The number of hydrogen-bond acceptors (Lipinski definition) is 5. The van der Waals surface area contributed by atoms with E-state index in [4.69, 9.17) is 26.8 Å². The molecule has 0 aliphatic rings. The van der Waals surface area contributed by atoms with Crippen molar-refractivity contribution in [1.82, 2.24) is 0 Å². The molecule has 0 aliphatic heterocycles. The highest BCUT2D eigenvalue weighted by molar-refractivity contribution is 7.92. The van der Waals surface area contributed by atoms with Crippen LogP contribution in [0.1, 0.15) is 10.4 Å². The quantitative estimate of drug-likeness (QED) is 0.810. The zero-order valence-corrected chi connectivity index (χ0v) is 14.4. The smallest absolute Gasteiger partial charge is 0.262 e. The van der Waals surface area contributed by atoms with Crippen LogP contribution in [0.3, 0.4) is 0 Å². The lowest BCUT2D eigenvalue weighted by molar-refractivity contribution is 0.100. The van der Waals surface area contributed by atoms with Crippen LogP contribution in [0.15, 0.2) is 41.3 Å². The number of halogens is 1. The second-order valence-electron chi connectivity index (χ2n) is 4.68. The fraction of sp³-hybridized carbons (Fsp3) is 0.133. The van der Waals surface area contributed by atoms with Crippen molar-refractivity contribution in [3.63, 3.8) is 0 Å². The summed E-state index contributed by atoms with van der Waals surface area (Å²) in [6.07, 6.45) is 0. The van der Waals surface area contributed by atoms with E-state index in [9.17, 15) is 13.2 Å². The highest BCUT2D eigenvalue weighted by Gasteiger charge is 2.18. The molecule has 9 heteroatoms. The number of methoxy groups -OCH3 is 2. The van der Waals surface area contributed by atoms with Gasteiger partial charge in [-0.25, -0.2) is 8.42 Å². The van der Waals surface area contributed by atoms with Gasteiger partial charge in [-0.15, -0.1) is 0 Å². The Kier molecular flexibility index (Phi) is 5.20. The Balaban J connectivity index is 2.35. The van der Waals surface area contributed by atoms with Crippen molar-refractivity contribution < 1.29 is 22.7 Å². The molecule has 1 amide bonds. The van der Waals surface area contributed by atoms with Crippen LogP contribution in [-0.2, 0) is 10.0 Å². The fourth-order valence-electron chi connectivity index (χ4n) is 1.98. The molecule has 0 bridgehead atoms. The average Bonchev–Trinajstić information content (AvgIpc) is 2.53. The fourth-order valence-corrected chi connectivity index (χ4v) is 3.31. The van der Waals surface area contributed by atoms with Crippen molar-refractivity contribution in [1.29, 1.82) is 0 Å². The molecule has 2 aromatic rings. The van der Waals surface area contributed by atoms with Crippen LogP contribution < -0.4 is 19.9 Å². The van der Waals surface area contributed by atoms with Crippen molar-refractivity contribution in [3.8, 4) is 11.5 Å². The highest BCUT2D eigenvalue weighted by atomic mass is 35.5. The normalized spacial score (nSPS) is 11.0. The maximum absolute atomic E-state index is 12.5. The number of amides is 1. The summed E-state index contributed by atoms with van der Waals surface area (Å²) in [5.74, 6) is -0.0120. The van der Waals surface area contributed by atoms with Crippen LogP contribution in [0.25, 0.3) is 0 Å². The molecule has 0 aliphatic carbocycles. The number of rotatable bonds is 6. The summed E-state index contributed by atoms with van der Waals surface area (Å²) < 4.78 is 37.4. The van der Waals surface area contributed by atoms with E-state index in [-0.39, 0.29) is 26.9 Å². The first-order valence-electron chi connectivity index (χ1n) is 6.62. The highest BCUT2D eigenvalue weighted by Crippen LogP contribution is 2.30. The van der Waals surface area contributed by atoms with Gasteiger partial charge in [0.2, 0.25) is 5.91 Å². The first-order valence-corrected chi connectivity index (χ1v) is 8.49. The van der Waals surface area contributed by atoms with Gasteiger partial charge in [0, 0.05) is 6.07 Å². The standard InChI is InChI=1S/C15H15ClN2O5S/c1-22-13-6-4-10(8-14(13)23-2)24(20,21)18-9-3-5-11(15(17)19)12(16)7-9/h3-8,18H,1-2H3,(H2,17,19). The van der Waals surface area contributed by atoms with Crippen LogP contribution >= 0.6 is 11.6 Å². The molecular formula is C15H15ClN2O5S. The molecule has 0 spiro atoms. The third-order valence-corrected chi connectivity index (χ3v) is 4.84. The Hall–Kier alpha value is -2.45. The summed E-state index contributed by atoms with van der Waals surface area (Å²) in [6.45, 7) is 0. The van der Waals surface area contributed by atoms with Crippen LogP contribution in [-0.4, -0.2) is 28.5 Å². The molecule has 2 rings (SSSR count). The van der Waals surface area contributed by atoms with Gasteiger partial charge in [0.25, 0.3) is 10.0 Å². The first-order chi connectivity index (χ1) is 11.3. The maximum Gasteiger partial charge on any atom is 0.262 e. The minimum Gasteiger partial charge on any atom is -0.493 e. The van der Waals surface area contributed by atoms with Crippen LogP contribution in [0.4, 0.5) is 5.69 Å². The van der Waals surface area contributed by atoms with Gasteiger partial charge in [-0.05, 0) is 30.3 Å². The van der Waals surface area contributed by atoms with Gasteiger partial charge in [0.15, 0.2) is 11.5 Å². The third-order valence-electron chi connectivity index (χ3n) is 3.15. The summed E-state index contributed by atoms with van der Waals surface area (Å²) >= 11 is 5.91. The van der Waals surface area contributed by atoms with Gasteiger partial charge < -0.3 is 15.2 Å². The van der Waals surface area contributed by atoms with Crippen molar-refractivity contribution in [2.75, 3.05) is 18.9 Å². The number of primary amides is 1. The number of carbonyl (C=O) groups excluding carboxylic acids is 1. The van der Waals surface area contributed by atoms with E-state index in [1.54, 1.807) is 0 Å². The SMILES string of the molecule is COc1ccc(S(=O)(=O)Nc2ccc(C(N)=O)c(Cl)c2)cc1OC. The summed E-state index contributed by atoms with van der Waals surface area (Å²) in [7, 11) is -1.02. The molecule has 0 fully saturated rings. The molecule has 24 heavy (non-hydrogen) atoms. The predicted molar refractivity (Wildman–Crippen MR) is 90.3 cm³/mol. The van der Waals surface area contributed by atoms with Gasteiger partial charge in [-0.1, -0.05) is 11.6 Å². The van der Waals surface area contributed by atoms with Gasteiger partial charge in [0.1, 0.15) is 0 Å². The summed E-state index contributed by atoms with van der Waals surface area (Å²) in [5.41, 5.74) is 5.45. The lowest BCUT2D eigenvalue weighted by atomic mass is 10.2. The van der Waals surface area contributed by atoms with E-state index in [1.165, 1.54) is 50.6 Å². The molecule has 2 aromatic carbocycles. The zero-order chi connectivity index (χ0) is 17.9. The number of sulfonamides is 1. The Labute approximate surface area is 144 Å². The van der Waals surface area contributed by atoms with Crippen LogP contribution in [0, 0.1) is 0 Å². The van der Waals surface area contributed by atoms with Crippen molar-refractivity contribution in [2.45, 2.75) is 4.90 Å². The Morgan fingerprint density at radius 3 is 2.29 bits per heavy atom. The van der Waals surface area contributed by atoms with E-state index >= 15 is 0 Å². The molecule has 0 saturated heterocycles. The number of hydrogen-bond donors (Lipinski definition) is 2. The molecule has 7 nitrogen and oxygen atoms in total. The molecule has 3 N–H and O–H groups in total. The van der Waals surface area contributed by atoms with Gasteiger partial charge in [-0.3, -0.25) is 9.52 Å². The minimum atomic E-state index is -3.88. The molecule has 0 aromatic heterocycles. The molecule has 0 unspecified atom stereocenters. The summed E-state index contributed by atoms with van der Waals surface area (Å²) in [4.78, 5) is 11.1. The predicted octanol–water partition coefficient (Wildman–Crippen LogP) is 2.26. The third kappa shape index (κ3) is 3.72. The maximum atomic E-state index is 12.5. The topological polar surface area (TPSA) is 108 Å². The van der Waals surface area contributed by atoms with E-state index in [2.05, 4.69) is 4.72 Å². The van der Waals surface area contributed by atoms with E-state index in [0.29, 0.717) is 5.75 Å². The zero-order valence-electron chi connectivity index (χ0n) is 12.9. The van der Waals surface area contributed by atoms with Gasteiger partial charge in [-0.2, -0.15) is 0 Å². The van der Waals surface area contributed by atoms with Crippen molar-refractivity contribution in [2.24, 2.45) is 5.73 Å². The number of ether oxygens (including phenoxy) is 2. The number of nitrogens with two attached hydrogens (primary N) is 1. The molecule has 0 heterocycles. The Morgan fingerprint density at radius 2 is 1.75 bits per heavy atom. The Bertz CT molecular complexity index is 883. The largest absolute Gasteiger partial charge is 0.493 e. The number of carbonyl (C=O) groups is 1. The van der Waals surface area contributed by atoms with Crippen molar-refractivity contribution in [3.05, 3.63) is 47.0 Å². The monoisotopic (exact) mass is 370 g/mol. The molecule has 0 saturated carbocycles. The lowest BCUT2D eigenvalue weighted by Gasteiger charge is -2.12. The van der Waals surface area contributed by atoms with E-state index < -0.39 is 15.9 Å². The number of anilines is 1. The number of nitrogens with one attached hydrogen (secondary N) is 1. The lowest BCUT2D eigenvalue weighted by Crippen LogP contribution is -2.14. The number of benzene rings is 2. The second kappa shape index (κ2) is 6.98. The first kappa shape index (κ1) is 17.9. The van der Waals surface area contributed by atoms with Crippen molar-refractivity contribution >= 4 is 33.2 Å². The van der Waals surface area contributed by atoms with Crippen LogP contribution in [0.5, 0.6) is 11.5 Å². The molecule has 0 radical (unpaired) electrons. The van der Waals surface area contributed by atoms with E-state index in [1.807, 2.05) is 0 Å². The molecule has 0 atom stereocenters. The van der Waals surface area contributed by atoms with Crippen LogP contribution in [0.2, 0.25) is 5.02 Å². The van der Waals surface area contributed by atoms with Gasteiger partial charge >= 0.3 is 0 Å². The molecular weight excluding hydrogens is 356 g/mol. The minimum absolute atomic E-state index is 0.0183.